The van der Waals surface area contributed by atoms with Crippen LogP contribution in [-0.2, 0) is 36.6 Å². The van der Waals surface area contributed by atoms with Crippen LogP contribution in [0, 0.1) is 0 Å². The highest BCUT2D eigenvalue weighted by Gasteiger charge is 2.20. The van der Waals surface area contributed by atoms with Gasteiger partial charge in [0.25, 0.3) is 5.91 Å². The Morgan fingerprint density at radius 3 is 2.84 bits per heavy atom. The lowest BCUT2D eigenvalue weighted by Crippen LogP contribution is -2.26. The fourth-order valence-corrected chi connectivity index (χ4v) is 3.75. The molecule has 3 heterocycles. The molecule has 1 aliphatic rings. The first-order valence-electron chi connectivity index (χ1n) is 8.21. The highest BCUT2D eigenvalue weighted by molar-refractivity contribution is 7.89. The van der Waals surface area contributed by atoms with Crippen LogP contribution >= 0.6 is 0 Å². The van der Waals surface area contributed by atoms with Crippen LogP contribution in [0.25, 0.3) is 0 Å². The highest BCUT2D eigenvalue weighted by Crippen LogP contribution is 2.15. The van der Waals surface area contributed by atoms with Gasteiger partial charge in [-0.2, -0.15) is 0 Å². The van der Waals surface area contributed by atoms with Gasteiger partial charge in [0.2, 0.25) is 10.0 Å². The predicted molar refractivity (Wildman–Crippen MR) is 90.4 cm³/mol. The summed E-state index contributed by atoms with van der Waals surface area (Å²) in [5.41, 5.74) is 0.268. The van der Waals surface area contributed by atoms with Crippen LogP contribution < -0.4 is 10.0 Å². The molecule has 25 heavy (non-hydrogen) atoms. The van der Waals surface area contributed by atoms with Crippen LogP contribution in [0.4, 0.5) is 0 Å². The number of nitrogens with one attached hydrogen (secondary N) is 2. The molecular formula is C15H22N6O3S. The van der Waals surface area contributed by atoms with Gasteiger partial charge >= 0.3 is 0 Å². The van der Waals surface area contributed by atoms with Crippen molar-refractivity contribution >= 4 is 15.9 Å². The molecule has 2 aromatic heterocycles. The van der Waals surface area contributed by atoms with Gasteiger partial charge in [-0.3, -0.25) is 4.79 Å². The summed E-state index contributed by atoms with van der Waals surface area (Å²) in [6.45, 7) is 1.12. The van der Waals surface area contributed by atoms with E-state index in [0.29, 0.717) is 0 Å². The third-order valence-electron chi connectivity index (χ3n) is 4.38. The lowest BCUT2D eigenvalue weighted by Gasteiger charge is -2.08. The molecule has 0 saturated carbocycles. The lowest BCUT2D eigenvalue weighted by molar-refractivity contribution is 0.0941. The van der Waals surface area contributed by atoms with Crippen molar-refractivity contribution in [1.29, 1.82) is 0 Å². The number of nitrogens with zero attached hydrogens (tertiary/aromatic N) is 4. The molecule has 0 atom stereocenters. The molecule has 0 unspecified atom stereocenters. The molecule has 0 aromatic carbocycles. The van der Waals surface area contributed by atoms with Gasteiger partial charge < -0.3 is 14.5 Å². The van der Waals surface area contributed by atoms with Crippen LogP contribution in [0.3, 0.4) is 0 Å². The molecule has 3 rings (SSSR count). The van der Waals surface area contributed by atoms with Crippen molar-refractivity contribution in [1.82, 2.24) is 29.4 Å². The number of hydrogen-bond acceptors (Lipinski definition) is 5. The monoisotopic (exact) mass is 366 g/mol. The maximum Gasteiger partial charge on any atom is 0.268 e. The molecule has 0 fully saturated rings. The maximum absolute atomic E-state index is 12.4. The van der Waals surface area contributed by atoms with E-state index in [1.165, 1.54) is 30.3 Å². The Balaban J connectivity index is 1.73. The number of amides is 1. The van der Waals surface area contributed by atoms with Crippen molar-refractivity contribution in [2.45, 2.75) is 43.7 Å². The minimum absolute atomic E-state index is 0.0546. The Kier molecular flexibility index (Phi) is 4.91. The number of carbonyl (C=O) groups is 1. The SMILES string of the molecule is CNS(=O)(=O)c1cc(C(=O)NCc2nnc3n2CCCCC3)n(C)c1. The Hall–Kier alpha value is -2.20. The first-order valence-corrected chi connectivity index (χ1v) is 9.70. The van der Waals surface area contributed by atoms with Crippen molar-refractivity contribution in [3.63, 3.8) is 0 Å². The summed E-state index contributed by atoms with van der Waals surface area (Å²) in [5.74, 6) is 1.33. The number of aryl methyl sites for hydroxylation is 2. The van der Waals surface area contributed by atoms with Crippen molar-refractivity contribution in [2.24, 2.45) is 7.05 Å². The van der Waals surface area contributed by atoms with E-state index in [1.807, 2.05) is 0 Å². The molecule has 0 spiro atoms. The second-order valence-corrected chi connectivity index (χ2v) is 7.94. The zero-order chi connectivity index (χ0) is 18.0. The molecule has 0 bridgehead atoms. The van der Waals surface area contributed by atoms with E-state index in [9.17, 15) is 13.2 Å². The molecule has 0 saturated heterocycles. The van der Waals surface area contributed by atoms with Crippen LogP contribution in [0.15, 0.2) is 17.2 Å². The van der Waals surface area contributed by atoms with E-state index in [1.54, 1.807) is 7.05 Å². The number of sulfonamides is 1. The van der Waals surface area contributed by atoms with Crippen LogP contribution in [0.1, 0.15) is 41.4 Å². The van der Waals surface area contributed by atoms with Crippen molar-refractivity contribution < 1.29 is 13.2 Å². The predicted octanol–water partition coefficient (Wildman–Crippen LogP) is 0.181. The number of fused-ring (bicyclic) bond motifs is 1. The summed E-state index contributed by atoms with van der Waals surface area (Å²) in [6, 6.07) is 1.35. The standard InChI is InChI=1S/C15H22N6O3S/c1-16-25(23,24)11-8-12(20(2)10-11)15(22)17-9-14-19-18-13-6-4-3-5-7-21(13)14/h8,10,16H,3-7,9H2,1-2H3,(H,17,22). The number of rotatable bonds is 5. The number of carbonyl (C=O) groups excluding carboxylic acids is 1. The summed E-state index contributed by atoms with van der Waals surface area (Å²) in [5, 5.41) is 11.2. The zero-order valence-electron chi connectivity index (χ0n) is 14.3. The molecule has 10 heteroatoms. The lowest BCUT2D eigenvalue weighted by atomic mass is 10.2. The minimum Gasteiger partial charge on any atom is -0.345 e. The molecule has 0 radical (unpaired) electrons. The molecule has 0 aliphatic carbocycles. The van der Waals surface area contributed by atoms with E-state index in [2.05, 4.69) is 24.8 Å². The Morgan fingerprint density at radius 2 is 2.08 bits per heavy atom. The van der Waals surface area contributed by atoms with Crippen LogP contribution in [-0.4, -0.2) is 40.7 Å². The van der Waals surface area contributed by atoms with Crippen LogP contribution in [0.5, 0.6) is 0 Å². The highest BCUT2D eigenvalue weighted by atomic mass is 32.2. The van der Waals surface area contributed by atoms with Gasteiger partial charge in [0, 0.05) is 26.2 Å². The summed E-state index contributed by atoms with van der Waals surface area (Å²) in [7, 11) is -0.621. The fourth-order valence-electron chi connectivity index (χ4n) is 2.95. The molecule has 2 N–H and O–H groups in total. The normalized spacial score (nSPS) is 14.8. The first-order chi connectivity index (χ1) is 11.9. The molecule has 1 aliphatic heterocycles. The van der Waals surface area contributed by atoms with Gasteiger partial charge in [0.15, 0.2) is 5.82 Å². The second kappa shape index (κ2) is 6.96. The average molecular weight is 366 g/mol. The summed E-state index contributed by atoms with van der Waals surface area (Å²) in [4.78, 5) is 12.5. The molecule has 2 aromatic rings. The number of hydrogen-bond donors (Lipinski definition) is 2. The van der Waals surface area contributed by atoms with Gasteiger partial charge in [-0.15, -0.1) is 10.2 Å². The van der Waals surface area contributed by atoms with E-state index in [0.717, 1.165) is 37.5 Å². The van der Waals surface area contributed by atoms with E-state index < -0.39 is 10.0 Å². The van der Waals surface area contributed by atoms with E-state index in [-0.39, 0.29) is 23.0 Å². The minimum atomic E-state index is -3.58. The summed E-state index contributed by atoms with van der Waals surface area (Å²) in [6.07, 6.45) is 5.67. The van der Waals surface area contributed by atoms with Crippen molar-refractivity contribution in [3.8, 4) is 0 Å². The summed E-state index contributed by atoms with van der Waals surface area (Å²) >= 11 is 0. The van der Waals surface area contributed by atoms with Gasteiger partial charge in [-0.05, 0) is 26.0 Å². The van der Waals surface area contributed by atoms with Gasteiger partial charge in [0.1, 0.15) is 16.4 Å². The van der Waals surface area contributed by atoms with Gasteiger partial charge in [-0.25, -0.2) is 13.1 Å². The number of aromatic nitrogens is 4. The quantitative estimate of drug-likeness (QED) is 0.784. The third kappa shape index (κ3) is 3.59. The maximum atomic E-state index is 12.4. The first kappa shape index (κ1) is 17.6. The molecule has 9 nitrogen and oxygen atoms in total. The third-order valence-corrected chi connectivity index (χ3v) is 5.77. The Labute approximate surface area is 146 Å². The van der Waals surface area contributed by atoms with Crippen LogP contribution in [0.2, 0.25) is 0 Å². The van der Waals surface area contributed by atoms with Crippen molar-refractivity contribution in [2.75, 3.05) is 7.05 Å². The summed E-state index contributed by atoms with van der Waals surface area (Å²) < 4.78 is 29.5. The molecule has 136 valence electrons. The van der Waals surface area contributed by atoms with E-state index >= 15 is 0 Å². The van der Waals surface area contributed by atoms with Crippen molar-refractivity contribution in [3.05, 3.63) is 29.6 Å². The Bertz CT molecular complexity index is 883. The van der Waals surface area contributed by atoms with Gasteiger partial charge in [0.05, 0.1) is 6.54 Å². The smallest absolute Gasteiger partial charge is 0.268 e. The average Bonchev–Trinajstić information content (AvgIpc) is 3.09. The second-order valence-electron chi connectivity index (χ2n) is 6.06. The zero-order valence-corrected chi connectivity index (χ0v) is 15.1. The largest absolute Gasteiger partial charge is 0.345 e. The topological polar surface area (TPSA) is 111 Å². The Morgan fingerprint density at radius 1 is 1.28 bits per heavy atom. The van der Waals surface area contributed by atoms with E-state index in [4.69, 9.17) is 0 Å². The van der Waals surface area contributed by atoms with Gasteiger partial charge in [-0.1, -0.05) is 6.42 Å². The molecular weight excluding hydrogens is 344 g/mol. The molecule has 1 amide bonds. The fraction of sp³-hybridized carbons (Fsp3) is 0.533.